The van der Waals surface area contributed by atoms with E-state index >= 15 is 0 Å². The third kappa shape index (κ3) is 7.20. The summed E-state index contributed by atoms with van der Waals surface area (Å²) < 4.78 is 17.7. The van der Waals surface area contributed by atoms with Gasteiger partial charge in [-0.25, -0.2) is 14.6 Å². The van der Waals surface area contributed by atoms with E-state index in [1.807, 2.05) is 65.1 Å². The number of thiophene rings is 1. The first-order valence-electron chi connectivity index (χ1n) is 12.9. The number of nitrogens with zero attached hydrogens (tertiary/aromatic N) is 2. The number of ether oxygens (including phenoxy) is 2. The molecule has 0 radical (unpaired) electrons. The van der Waals surface area contributed by atoms with Gasteiger partial charge in [0.05, 0.1) is 12.2 Å². The SMILES string of the molecule is CC(C)(C)OC(=O)N[C@H]1CCCC[C@H]1c1cc2nc(Cl)cc(N(Cc3cccs3)C(=O)OC(C)(C)C)c2o1. The number of carbonyl (C=O) groups is 2. The van der Waals surface area contributed by atoms with Gasteiger partial charge in [-0.1, -0.05) is 30.5 Å². The van der Waals surface area contributed by atoms with Crippen LogP contribution >= 0.6 is 22.9 Å². The second kappa shape index (κ2) is 11.1. The molecule has 3 aromatic rings. The second-order valence-corrected chi connectivity index (χ2v) is 13.0. The first-order chi connectivity index (χ1) is 17.8. The van der Waals surface area contributed by atoms with Crippen molar-refractivity contribution in [2.45, 2.75) is 96.9 Å². The number of aromatic nitrogens is 1. The fourth-order valence-corrected chi connectivity index (χ4v) is 5.49. The summed E-state index contributed by atoms with van der Waals surface area (Å²) in [6.07, 6.45) is 2.71. The van der Waals surface area contributed by atoms with E-state index in [2.05, 4.69) is 10.3 Å². The van der Waals surface area contributed by atoms with Gasteiger partial charge in [-0.05, 0) is 65.8 Å². The monoisotopic (exact) mass is 561 g/mol. The zero-order chi connectivity index (χ0) is 27.7. The Labute approximate surface area is 232 Å². The third-order valence-corrected chi connectivity index (χ3v) is 7.13. The number of rotatable bonds is 5. The molecular weight excluding hydrogens is 526 g/mol. The van der Waals surface area contributed by atoms with E-state index in [1.165, 1.54) is 4.90 Å². The molecule has 1 N–H and O–H groups in total. The van der Waals surface area contributed by atoms with E-state index in [9.17, 15) is 9.59 Å². The van der Waals surface area contributed by atoms with Crippen LogP contribution in [0.4, 0.5) is 15.3 Å². The molecule has 0 bridgehead atoms. The molecular formula is C28H36ClN3O5S. The maximum absolute atomic E-state index is 13.4. The standard InChI is InChI=1S/C28H36ClN3O5S/c1-27(2,3)36-25(33)31-19-12-8-7-11-18(19)22-14-20-24(35-22)21(15-23(29)30-20)32(16-17-10-9-13-38-17)26(34)37-28(4,5)6/h9-10,13-15,18-19H,7-8,11-12,16H2,1-6H3,(H,31,33)/t18-,19+/m1/s1. The van der Waals surface area contributed by atoms with E-state index in [1.54, 1.807) is 17.4 Å². The van der Waals surface area contributed by atoms with Gasteiger partial charge in [0.1, 0.15) is 27.6 Å². The van der Waals surface area contributed by atoms with Gasteiger partial charge in [0.2, 0.25) is 0 Å². The minimum Gasteiger partial charge on any atom is -0.457 e. The van der Waals surface area contributed by atoms with Gasteiger partial charge in [-0.3, -0.25) is 4.90 Å². The molecule has 1 saturated carbocycles. The number of fused-ring (bicyclic) bond motifs is 1. The van der Waals surface area contributed by atoms with Crippen molar-refractivity contribution < 1.29 is 23.5 Å². The Hall–Kier alpha value is -2.78. The molecule has 206 valence electrons. The Morgan fingerprint density at radius 3 is 2.50 bits per heavy atom. The lowest BCUT2D eigenvalue weighted by molar-refractivity contribution is 0.0481. The predicted octanol–water partition coefficient (Wildman–Crippen LogP) is 8.04. The first kappa shape index (κ1) is 28.2. The van der Waals surface area contributed by atoms with Gasteiger partial charge in [-0.2, -0.15) is 0 Å². The zero-order valence-electron chi connectivity index (χ0n) is 22.8. The molecule has 2 atom stereocenters. The molecule has 38 heavy (non-hydrogen) atoms. The van der Waals surface area contributed by atoms with Crippen molar-refractivity contribution in [1.29, 1.82) is 0 Å². The molecule has 1 aliphatic carbocycles. The normalized spacial score (nSPS) is 18.3. The lowest BCUT2D eigenvalue weighted by Gasteiger charge is -2.31. The van der Waals surface area contributed by atoms with Crippen LogP contribution in [0.2, 0.25) is 5.15 Å². The highest BCUT2D eigenvalue weighted by atomic mass is 35.5. The third-order valence-electron chi connectivity index (χ3n) is 6.08. The van der Waals surface area contributed by atoms with Crippen molar-refractivity contribution in [3.8, 4) is 0 Å². The largest absolute Gasteiger partial charge is 0.457 e. The van der Waals surface area contributed by atoms with Crippen molar-refractivity contribution in [2.75, 3.05) is 4.90 Å². The van der Waals surface area contributed by atoms with Crippen LogP contribution in [0, 0.1) is 0 Å². The first-order valence-corrected chi connectivity index (χ1v) is 14.2. The average molecular weight is 562 g/mol. The Bertz CT molecular complexity index is 1280. The second-order valence-electron chi connectivity index (χ2n) is 11.6. The minimum absolute atomic E-state index is 0.0654. The maximum atomic E-state index is 13.4. The quantitative estimate of drug-likeness (QED) is 0.317. The summed E-state index contributed by atoms with van der Waals surface area (Å²) in [5.41, 5.74) is 0.216. The van der Waals surface area contributed by atoms with Crippen molar-refractivity contribution >= 4 is 51.9 Å². The van der Waals surface area contributed by atoms with Gasteiger partial charge in [0.25, 0.3) is 0 Å². The van der Waals surface area contributed by atoms with Gasteiger partial charge < -0.3 is 19.2 Å². The summed E-state index contributed by atoms with van der Waals surface area (Å²) in [5.74, 6) is 0.626. The van der Waals surface area contributed by atoms with Crippen LogP contribution in [0.5, 0.6) is 0 Å². The van der Waals surface area contributed by atoms with Gasteiger partial charge in [-0.15, -0.1) is 11.3 Å². The maximum Gasteiger partial charge on any atom is 0.415 e. The highest BCUT2D eigenvalue weighted by Crippen LogP contribution is 2.39. The number of hydrogen-bond acceptors (Lipinski definition) is 7. The minimum atomic E-state index is -0.683. The van der Waals surface area contributed by atoms with E-state index < -0.39 is 23.4 Å². The molecule has 0 aliphatic heterocycles. The molecule has 4 rings (SSSR count). The summed E-state index contributed by atoms with van der Waals surface area (Å²) in [6, 6.07) is 7.25. The Kier molecular flexibility index (Phi) is 8.28. The van der Waals surface area contributed by atoms with Crippen LogP contribution in [0.3, 0.4) is 0 Å². The van der Waals surface area contributed by atoms with E-state index in [0.717, 1.165) is 30.6 Å². The van der Waals surface area contributed by atoms with Crippen LogP contribution in [0.15, 0.2) is 34.1 Å². The number of alkyl carbamates (subject to hydrolysis) is 1. The molecule has 0 spiro atoms. The molecule has 3 heterocycles. The summed E-state index contributed by atoms with van der Waals surface area (Å²) in [5, 5.41) is 5.24. The topological polar surface area (TPSA) is 93.9 Å². The summed E-state index contributed by atoms with van der Waals surface area (Å²) >= 11 is 7.99. The fourth-order valence-electron chi connectivity index (χ4n) is 4.60. The van der Waals surface area contributed by atoms with E-state index in [0.29, 0.717) is 29.1 Å². The van der Waals surface area contributed by atoms with Gasteiger partial charge >= 0.3 is 12.2 Å². The van der Waals surface area contributed by atoms with Gasteiger partial charge in [0.15, 0.2) is 5.58 Å². The summed E-state index contributed by atoms with van der Waals surface area (Å²) in [6.45, 7) is 11.3. The van der Waals surface area contributed by atoms with Crippen molar-refractivity contribution in [3.05, 3.63) is 45.4 Å². The van der Waals surface area contributed by atoms with Crippen LogP contribution in [-0.2, 0) is 16.0 Å². The molecule has 1 aliphatic rings. The number of anilines is 1. The van der Waals surface area contributed by atoms with Crippen LogP contribution in [-0.4, -0.2) is 34.4 Å². The summed E-state index contributed by atoms with van der Waals surface area (Å²) in [4.78, 5) is 32.9. The Morgan fingerprint density at radius 1 is 1.13 bits per heavy atom. The number of furan rings is 1. The van der Waals surface area contributed by atoms with Crippen molar-refractivity contribution in [3.63, 3.8) is 0 Å². The van der Waals surface area contributed by atoms with Crippen LogP contribution < -0.4 is 10.2 Å². The molecule has 1 fully saturated rings. The number of hydrogen-bond donors (Lipinski definition) is 1. The lowest BCUT2D eigenvalue weighted by atomic mass is 9.83. The van der Waals surface area contributed by atoms with Crippen molar-refractivity contribution in [1.82, 2.24) is 10.3 Å². The highest BCUT2D eigenvalue weighted by Gasteiger charge is 2.33. The van der Waals surface area contributed by atoms with Crippen LogP contribution in [0.25, 0.3) is 11.1 Å². The molecule has 3 aromatic heterocycles. The molecule has 0 aromatic carbocycles. The Morgan fingerprint density at radius 2 is 1.84 bits per heavy atom. The smallest absolute Gasteiger partial charge is 0.415 e. The van der Waals surface area contributed by atoms with Crippen LogP contribution in [0.1, 0.15) is 83.8 Å². The number of nitrogens with one attached hydrogen (secondary N) is 1. The average Bonchev–Trinajstić information content (AvgIpc) is 3.44. The molecule has 0 saturated heterocycles. The van der Waals surface area contributed by atoms with E-state index in [-0.39, 0.29) is 17.1 Å². The van der Waals surface area contributed by atoms with E-state index in [4.69, 9.17) is 25.5 Å². The number of amides is 2. The highest BCUT2D eigenvalue weighted by molar-refractivity contribution is 7.09. The van der Waals surface area contributed by atoms with Crippen molar-refractivity contribution in [2.24, 2.45) is 0 Å². The fraction of sp³-hybridized carbons (Fsp3) is 0.536. The molecule has 0 unspecified atom stereocenters. The molecule has 2 amide bonds. The molecule has 8 nitrogen and oxygen atoms in total. The zero-order valence-corrected chi connectivity index (χ0v) is 24.4. The molecule has 10 heteroatoms. The lowest BCUT2D eigenvalue weighted by Crippen LogP contribution is -2.43. The number of pyridine rings is 1. The number of carbonyl (C=O) groups excluding carboxylic acids is 2. The van der Waals surface area contributed by atoms with Gasteiger partial charge in [0, 0.05) is 29.0 Å². The Balaban J connectivity index is 1.70. The predicted molar refractivity (Wildman–Crippen MR) is 150 cm³/mol. The number of halogens is 1. The summed E-state index contributed by atoms with van der Waals surface area (Å²) in [7, 11) is 0.